The summed E-state index contributed by atoms with van der Waals surface area (Å²) in [5.41, 5.74) is 3.72. The molecule has 2 rings (SSSR count). The van der Waals surface area contributed by atoms with Crippen LogP contribution in [0.15, 0.2) is 12.1 Å². The summed E-state index contributed by atoms with van der Waals surface area (Å²) in [4.78, 5) is 12.3. The predicted octanol–water partition coefficient (Wildman–Crippen LogP) is 5.18. The molecule has 3 heteroatoms. The van der Waals surface area contributed by atoms with E-state index in [1.165, 1.54) is 11.1 Å². The third-order valence-corrected chi connectivity index (χ3v) is 4.81. The molecule has 1 unspecified atom stereocenters. The molecule has 140 valence electrons. The predicted molar refractivity (Wildman–Crippen MR) is 102 cm³/mol. The van der Waals surface area contributed by atoms with Crippen molar-refractivity contribution in [1.82, 2.24) is 0 Å². The van der Waals surface area contributed by atoms with E-state index in [4.69, 9.17) is 9.47 Å². The van der Waals surface area contributed by atoms with E-state index in [0.717, 1.165) is 24.2 Å². The molecule has 1 aromatic carbocycles. The van der Waals surface area contributed by atoms with Crippen LogP contribution < -0.4 is 4.74 Å². The molecule has 0 amide bonds. The molecule has 0 aliphatic carbocycles. The van der Waals surface area contributed by atoms with Gasteiger partial charge in [-0.1, -0.05) is 67.0 Å². The van der Waals surface area contributed by atoms with Gasteiger partial charge in [-0.05, 0) is 34.8 Å². The summed E-state index contributed by atoms with van der Waals surface area (Å²) in [7, 11) is 0. The lowest BCUT2D eigenvalue weighted by molar-refractivity contribution is -0.150. The molecule has 0 saturated carbocycles. The largest absolute Gasteiger partial charge is 0.492 e. The number of carbonyl (C=O) groups is 1. The fourth-order valence-electron chi connectivity index (χ4n) is 3.10. The smallest absolute Gasteiger partial charge is 0.312 e. The number of esters is 1. The highest BCUT2D eigenvalue weighted by molar-refractivity contribution is 5.74. The van der Waals surface area contributed by atoms with E-state index in [-0.39, 0.29) is 22.7 Å². The van der Waals surface area contributed by atoms with Gasteiger partial charge in [-0.25, -0.2) is 0 Å². The first-order valence-electron chi connectivity index (χ1n) is 9.51. The third-order valence-electron chi connectivity index (χ3n) is 4.81. The van der Waals surface area contributed by atoms with E-state index in [1.54, 1.807) is 0 Å². The second-order valence-electron chi connectivity index (χ2n) is 9.25. The summed E-state index contributed by atoms with van der Waals surface area (Å²) >= 11 is 0. The Kier molecular flexibility index (Phi) is 5.86. The molecule has 25 heavy (non-hydrogen) atoms. The van der Waals surface area contributed by atoms with Crippen molar-refractivity contribution in [3.8, 4) is 5.75 Å². The van der Waals surface area contributed by atoms with E-state index in [1.807, 2.05) is 0 Å². The van der Waals surface area contributed by atoms with Crippen LogP contribution in [0.3, 0.4) is 0 Å². The molecule has 1 heterocycles. The van der Waals surface area contributed by atoms with Crippen LogP contribution >= 0.6 is 0 Å². The fraction of sp³-hybridized carbons (Fsp3) is 0.682. The molecule has 1 atom stereocenters. The molecule has 0 aromatic heterocycles. The summed E-state index contributed by atoms with van der Waals surface area (Å²) < 4.78 is 11.5. The van der Waals surface area contributed by atoms with E-state index in [0.29, 0.717) is 19.6 Å². The molecule has 0 spiro atoms. The SMILES string of the molecule is CCCCOC(=O)C1COc2c(cc(C(C)(C)C)cc2C(C)(C)C)C1. The number of benzene rings is 1. The van der Waals surface area contributed by atoms with Crippen molar-refractivity contribution in [3.63, 3.8) is 0 Å². The molecule has 0 saturated heterocycles. The van der Waals surface area contributed by atoms with Crippen LogP contribution in [0.2, 0.25) is 0 Å². The minimum Gasteiger partial charge on any atom is -0.492 e. The normalized spacial score (nSPS) is 17.6. The van der Waals surface area contributed by atoms with E-state index in [9.17, 15) is 4.79 Å². The lowest BCUT2D eigenvalue weighted by Crippen LogP contribution is -2.32. The van der Waals surface area contributed by atoms with Crippen molar-refractivity contribution in [3.05, 3.63) is 28.8 Å². The number of hydrogen-bond acceptors (Lipinski definition) is 3. The van der Waals surface area contributed by atoms with Crippen LogP contribution in [0.25, 0.3) is 0 Å². The second kappa shape index (κ2) is 7.39. The second-order valence-corrected chi connectivity index (χ2v) is 9.25. The van der Waals surface area contributed by atoms with Crippen molar-refractivity contribution in [2.75, 3.05) is 13.2 Å². The molecule has 1 aliphatic heterocycles. The molecule has 0 bridgehead atoms. The number of rotatable bonds is 4. The van der Waals surface area contributed by atoms with Crippen molar-refractivity contribution < 1.29 is 14.3 Å². The first-order valence-corrected chi connectivity index (χ1v) is 9.51. The zero-order valence-electron chi connectivity index (χ0n) is 17.0. The Balaban J connectivity index is 2.32. The summed E-state index contributed by atoms with van der Waals surface area (Å²) in [6.45, 7) is 16.3. The van der Waals surface area contributed by atoms with Gasteiger partial charge in [0.2, 0.25) is 0 Å². The maximum absolute atomic E-state index is 12.3. The molecule has 0 N–H and O–H groups in total. The number of fused-ring (bicyclic) bond motifs is 1. The molecule has 0 fully saturated rings. The monoisotopic (exact) mass is 346 g/mol. The Labute approximate surface area is 153 Å². The van der Waals surface area contributed by atoms with Gasteiger partial charge in [0.25, 0.3) is 0 Å². The fourth-order valence-corrected chi connectivity index (χ4v) is 3.10. The molecule has 3 nitrogen and oxygen atoms in total. The van der Waals surface area contributed by atoms with Crippen LogP contribution in [0, 0.1) is 5.92 Å². The Hall–Kier alpha value is -1.51. The van der Waals surface area contributed by atoms with Gasteiger partial charge in [0.15, 0.2) is 0 Å². The van der Waals surface area contributed by atoms with Crippen LogP contribution in [0.5, 0.6) is 5.75 Å². The highest BCUT2D eigenvalue weighted by atomic mass is 16.5. The average molecular weight is 347 g/mol. The standard InChI is InChI=1S/C22H34O3/c1-8-9-10-24-20(23)16-11-15-12-17(21(2,3)4)13-18(22(5,6)7)19(15)25-14-16/h12-13,16H,8-11,14H2,1-7H3. The van der Waals surface area contributed by atoms with Gasteiger partial charge in [-0.2, -0.15) is 0 Å². The number of ether oxygens (including phenoxy) is 2. The van der Waals surface area contributed by atoms with Gasteiger partial charge in [0.1, 0.15) is 12.4 Å². The van der Waals surface area contributed by atoms with Gasteiger partial charge in [0.05, 0.1) is 12.5 Å². The van der Waals surface area contributed by atoms with Crippen molar-refractivity contribution in [2.45, 2.75) is 78.6 Å². The first-order chi connectivity index (χ1) is 11.5. The highest BCUT2D eigenvalue weighted by Gasteiger charge is 2.33. The van der Waals surface area contributed by atoms with Gasteiger partial charge in [-0.15, -0.1) is 0 Å². The maximum Gasteiger partial charge on any atom is 0.312 e. The van der Waals surface area contributed by atoms with E-state index >= 15 is 0 Å². The Morgan fingerprint density at radius 2 is 1.84 bits per heavy atom. The van der Waals surface area contributed by atoms with E-state index < -0.39 is 0 Å². The Morgan fingerprint density at radius 1 is 1.16 bits per heavy atom. The molecule has 0 radical (unpaired) electrons. The van der Waals surface area contributed by atoms with Gasteiger partial charge < -0.3 is 9.47 Å². The molecular weight excluding hydrogens is 312 g/mol. The zero-order valence-corrected chi connectivity index (χ0v) is 17.0. The molecular formula is C22H34O3. The molecule has 1 aromatic rings. The van der Waals surface area contributed by atoms with Gasteiger partial charge >= 0.3 is 5.97 Å². The zero-order chi connectivity index (χ0) is 18.8. The Bertz CT molecular complexity index is 617. The van der Waals surface area contributed by atoms with Crippen molar-refractivity contribution in [1.29, 1.82) is 0 Å². The lowest BCUT2D eigenvalue weighted by atomic mass is 9.77. The first kappa shape index (κ1) is 19.8. The number of hydrogen-bond donors (Lipinski definition) is 0. The van der Waals surface area contributed by atoms with Crippen molar-refractivity contribution >= 4 is 5.97 Å². The summed E-state index contributed by atoms with van der Waals surface area (Å²) in [6, 6.07) is 4.49. The third kappa shape index (κ3) is 4.77. The minimum absolute atomic E-state index is 0.000184. The Morgan fingerprint density at radius 3 is 2.40 bits per heavy atom. The topological polar surface area (TPSA) is 35.5 Å². The van der Waals surface area contributed by atoms with Crippen LogP contribution in [0.1, 0.15) is 78.0 Å². The number of unbranched alkanes of at least 4 members (excludes halogenated alkanes) is 1. The quantitative estimate of drug-likeness (QED) is 0.557. The van der Waals surface area contributed by atoms with Gasteiger partial charge in [-0.3, -0.25) is 4.79 Å². The maximum atomic E-state index is 12.3. The van der Waals surface area contributed by atoms with Crippen LogP contribution in [-0.2, 0) is 26.8 Å². The van der Waals surface area contributed by atoms with Gasteiger partial charge in [0, 0.05) is 5.56 Å². The summed E-state index contributed by atoms with van der Waals surface area (Å²) in [5.74, 6) is 0.642. The van der Waals surface area contributed by atoms with Crippen LogP contribution in [0.4, 0.5) is 0 Å². The minimum atomic E-state index is -0.201. The molecule has 1 aliphatic rings. The van der Waals surface area contributed by atoms with Crippen LogP contribution in [-0.4, -0.2) is 19.2 Å². The number of carbonyl (C=O) groups excluding carboxylic acids is 1. The lowest BCUT2D eigenvalue weighted by Gasteiger charge is -2.33. The summed E-state index contributed by atoms with van der Waals surface area (Å²) in [6.07, 6.45) is 2.65. The van der Waals surface area contributed by atoms with Crippen molar-refractivity contribution in [2.24, 2.45) is 5.92 Å². The summed E-state index contributed by atoms with van der Waals surface area (Å²) in [5, 5.41) is 0. The highest BCUT2D eigenvalue weighted by Crippen LogP contribution is 2.41. The average Bonchev–Trinajstić information content (AvgIpc) is 2.51. The van der Waals surface area contributed by atoms with E-state index in [2.05, 4.69) is 60.6 Å².